The molecule has 1 fully saturated rings. The zero-order chi connectivity index (χ0) is 12.3. The van der Waals surface area contributed by atoms with Crippen molar-refractivity contribution in [3.8, 4) is 0 Å². The second-order valence-electron chi connectivity index (χ2n) is 4.76. The van der Waals surface area contributed by atoms with Crippen molar-refractivity contribution < 1.29 is 0 Å². The van der Waals surface area contributed by atoms with Crippen LogP contribution in [0.4, 0.5) is 11.8 Å². The molecule has 1 aromatic heterocycles. The molecular weight excluding hydrogens is 214 g/mol. The van der Waals surface area contributed by atoms with Crippen LogP contribution in [0.25, 0.3) is 0 Å². The van der Waals surface area contributed by atoms with Crippen molar-refractivity contribution in [2.45, 2.75) is 33.1 Å². The number of nitrogens with zero attached hydrogens (tertiary/aromatic N) is 3. The summed E-state index contributed by atoms with van der Waals surface area (Å²) in [5, 5.41) is 0. The van der Waals surface area contributed by atoms with Gasteiger partial charge >= 0.3 is 0 Å². The van der Waals surface area contributed by atoms with Gasteiger partial charge in [0.15, 0.2) is 0 Å². The zero-order valence-electron chi connectivity index (χ0n) is 10.6. The van der Waals surface area contributed by atoms with Gasteiger partial charge in [0.1, 0.15) is 5.82 Å². The van der Waals surface area contributed by atoms with Gasteiger partial charge in [-0.25, -0.2) is 10.8 Å². The van der Waals surface area contributed by atoms with E-state index in [2.05, 4.69) is 34.1 Å². The van der Waals surface area contributed by atoms with E-state index in [0.717, 1.165) is 18.9 Å². The summed E-state index contributed by atoms with van der Waals surface area (Å²) in [4.78, 5) is 10.7. The lowest BCUT2D eigenvalue weighted by Gasteiger charge is -2.26. The number of nitrogens with two attached hydrogens (primary N) is 1. The highest BCUT2D eigenvalue weighted by Crippen LogP contribution is 2.38. The molecule has 0 aromatic carbocycles. The van der Waals surface area contributed by atoms with Crippen LogP contribution in [-0.2, 0) is 0 Å². The molecule has 0 atom stereocenters. The molecule has 3 N–H and O–H groups in total. The number of hydrogen-bond acceptors (Lipinski definition) is 5. The molecule has 1 aliphatic rings. The average Bonchev–Trinajstić information content (AvgIpc) is 2.84. The summed E-state index contributed by atoms with van der Waals surface area (Å²) in [6, 6.07) is 1.95. The molecule has 0 amide bonds. The predicted octanol–water partition coefficient (Wildman–Crippen LogP) is 1.78. The fourth-order valence-corrected chi connectivity index (χ4v) is 2.55. The van der Waals surface area contributed by atoms with Crippen molar-refractivity contribution in [1.82, 2.24) is 9.97 Å². The normalized spacial score (nSPS) is 18.4. The van der Waals surface area contributed by atoms with Crippen molar-refractivity contribution in [3.05, 3.63) is 12.3 Å². The van der Waals surface area contributed by atoms with E-state index in [0.29, 0.717) is 11.4 Å². The van der Waals surface area contributed by atoms with E-state index in [1.54, 1.807) is 6.20 Å². The summed E-state index contributed by atoms with van der Waals surface area (Å²) in [7, 11) is 0. The van der Waals surface area contributed by atoms with Crippen molar-refractivity contribution >= 4 is 11.8 Å². The molecule has 2 rings (SSSR count). The SMILES string of the molecule is CCC1(CC)CCN(c2ccnc(NN)n2)C1. The van der Waals surface area contributed by atoms with Gasteiger partial charge in [0.2, 0.25) is 5.95 Å². The lowest BCUT2D eigenvalue weighted by Crippen LogP contribution is -2.27. The van der Waals surface area contributed by atoms with Crippen LogP contribution in [0.5, 0.6) is 0 Å². The van der Waals surface area contributed by atoms with E-state index in [4.69, 9.17) is 5.84 Å². The Morgan fingerprint density at radius 1 is 1.47 bits per heavy atom. The third-order valence-electron chi connectivity index (χ3n) is 4.03. The molecular formula is C12H21N5. The maximum absolute atomic E-state index is 5.33. The van der Waals surface area contributed by atoms with E-state index >= 15 is 0 Å². The molecule has 0 aliphatic carbocycles. The summed E-state index contributed by atoms with van der Waals surface area (Å²) in [6.07, 6.45) is 5.45. The molecule has 94 valence electrons. The molecule has 1 aromatic rings. The fraction of sp³-hybridized carbons (Fsp3) is 0.667. The lowest BCUT2D eigenvalue weighted by molar-refractivity contribution is 0.301. The third kappa shape index (κ3) is 2.34. The molecule has 17 heavy (non-hydrogen) atoms. The molecule has 0 saturated carbocycles. The van der Waals surface area contributed by atoms with Crippen molar-refractivity contribution in [3.63, 3.8) is 0 Å². The zero-order valence-corrected chi connectivity index (χ0v) is 10.6. The van der Waals surface area contributed by atoms with Gasteiger partial charge in [-0.3, -0.25) is 5.43 Å². The number of anilines is 2. The highest BCUT2D eigenvalue weighted by atomic mass is 15.3. The summed E-state index contributed by atoms with van der Waals surface area (Å²) < 4.78 is 0. The largest absolute Gasteiger partial charge is 0.356 e. The highest BCUT2D eigenvalue weighted by Gasteiger charge is 2.35. The first-order chi connectivity index (χ1) is 8.23. The molecule has 1 aliphatic heterocycles. The smallest absolute Gasteiger partial charge is 0.239 e. The molecule has 1 saturated heterocycles. The van der Waals surface area contributed by atoms with Crippen molar-refractivity contribution in [2.24, 2.45) is 11.3 Å². The molecule has 5 heteroatoms. The molecule has 0 spiro atoms. The number of nitrogens with one attached hydrogen (secondary N) is 1. The monoisotopic (exact) mass is 235 g/mol. The summed E-state index contributed by atoms with van der Waals surface area (Å²) in [6.45, 7) is 6.71. The van der Waals surface area contributed by atoms with E-state index in [1.165, 1.54) is 19.3 Å². The first kappa shape index (κ1) is 12.1. The second kappa shape index (κ2) is 4.87. The number of hydrazine groups is 1. The number of hydrogen-bond donors (Lipinski definition) is 2. The molecule has 5 nitrogen and oxygen atoms in total. The van der Waals surface area contributed by atoms with E-state index in [-0.39, 0.29) is 0 Å². The van der Waals surface area contributed by atoms with Gasteiger partial charge in [-0.05, 0) is 30.7 Å². The highest BCUT2D eigenvalue weighted by molar-refractivity contribution is 5.43. The van der Waals surface area contributed by atoms with Crippen LogP contribution >= 0.6 is 0 Å². The predicted molar refractivity (Wildman–Crippen MR) is 69.7 cm³/mol. The minimum absolute atomic E-state index is 0.460. The number of rotatable bonds is 4. The third-order valence-corrected chi connectivity index (χ3v) is 4.03. The fourth-order valence-electron chi connectivity index (χ4n) is 2.55. The standard InChI is InChI=1S/C12H21N5/c1-3-12(4-2)6-8-17(9-12)10-5-7-14-11(15-10)16-13/h5,7H,3-4,6,8-9,13H2,1-2H3,(H,14,15,16). The van der Waals surface area contributed by atoms with Crippen LogP contribution in [0.1, 0.15) is 33.1 Å². The Labute approximate surface area is 102 Å². The Bertz CT molecular complexity index is 375. The molecule has 0 unspecified atom stereocenters. The van der Waals surface area contributed by atoms with Crippen molar-refractivity contribution in [2.75, 3.05) is 23.4 Å². The van der Waals surface area contributed by atoms with Crippen molar-refractivity contribution in [1.29, 1.82) is 0 Å². The second-order valence-corrected chi connectivity index (χ2v) is 4.76. The summed E-state index contributed by atoms with van der Waals surface area (Å²) in [5.74, 6) is 6.78. The Hall–Kier alpha value is -1.36. The quantitative estimate of drug-likeness (QED) is 0.615. The molecule has 0 radical (unpaired) electrons. The van der Waals surface area contributed by atoms with Gasteiger partial charge in [0, 0.05) is 19.3 Å². The summed E-state index contributed by atoms with van der Waals surface area (Å²) in [5.41, 5.74) is 2.95. The van der Waals surface area contributed by atoms with Crippen LogP contribution in [0.2, 0.25) is 0 Å². The maximum Gasteiger partial charge on any atom is 0.239 e. The van der Waals surface area contributed by atoms with Gasteiger partial charge in [0.25, 0.3) is 0 Å². The Morgan fingerprint density at radius 2 is 2.24 bits per heavy atom. The maximum atomic E-state index is 5.33. The van der Waals surface area contributed by atoms with E-state index in [9.17, 15) is 0 Å². The van der Waals surface area contributed by atoms with Crippen LogP contribution in [0, 0.1) is 5.41 Å². The Balaban J connectivity index is 2.14. The van der Waals surface area contributed by atoms with E-state index in [1.807, 2.05) is 6.07 Å². The molecule has 0 bridgehead atoms. The minimum atomic E-state index is 0.460. The first-order valence-electron chi connectivity index (χ1n) is 6.27. The van der Waals surface area contributed by atoms with Crippen LogP contribution in [-0.4, -0.2) is 23.1 Å². The van der Waals surface area contributed by atoms with Crippen LogP contribution in [0.3, 0.4) is 0 Å². The lowest BCUT2D eigenvalue weighted by atomic mass is 9.82. The van der Waals surface area contributed by atoms with Gasteiger partial charge in [0.05, 0.1) is 0 Å². The Morgan fingerprint density at radius 3 is 2.82 bits per heavy atom. The number of nitrogen functional groups attached to an aromatic ring is 1. The van der Waals surface area contributed by atoms with Gasteiger partial charge < -0.3 is 4.90 Å². The Kier molecular flexibility index (Phi) is 3.47. The van der Waals surface area contributed by atoms with Crippen LogP contribution < -0.4 is 16.2 Å². The topological polar surface area (TPSA) is 67.1 Å². The molecule has 2 heterocycles. The minimum Gasteiger partial charge on any atom is -0.356 e. The van der Waals surface area contributed by atoms with Gasteiger partial charge in [-0.15, -0.1) is 0 Å². The first-order valence-corrected chi connectivity index (χ1v) is 6.27. The average molecular weight is 235 g/mol. The van der Waals surface area contributed by atoms with E-state index < -0.39 is 0 Å². The number of aromatic nitrogens is 2. The summed E-state index contributed by atoms with van der Waals surface area (Å²) >= 11 is 0. The van der Waals surface area contributed by atoms with Crippen LogP contribution in [0.15, 0.2) is 12.3 Å². The van der Waals surface area contributed by atoms with Gasteiger partial charge in [-0.2, -0.15) is 4.98 Å². The van der Waals surface area contributed by atoms with Gasteiger partial charge in [-0.1, -0.05) is 13.8 Å².